The maximum atomic E-state index is 12.6. The highest BCUT2D eigenvalue weighted by Crippen LogP contribution is 2.23. The monoisotopic (exact) mass is 373 g/mol. The van der Waals surface area contributed by atoms with E-state index in [0.717, 1.165) is 34.7 Å². The largest absolute Gasteiger partial charge is 0.443 e. The van der Waals surface area contributed by atoms with Gasteiger partial charge in [-0.05, 0) is 63.9 Å². The van der Waals surface area contributed by atoms with Gasteiger partial charge in [0.2, 0.25) is 0 Å². The van der Waals surface area contributed by atoms with Crippen molar-refractivity contribution in [3.05, 3.63) is 36.0 Å². The summed E-state index contributed by atoms with van der Waals surface area (Å²) in [7, 11) is 0. The zero-order chi connectivity index (χ0) is 18.7. The minimum Gasteiger partial charge on any atom is -0.443 e. The molecule has 6 heteroatoms. The summed E-state index contributed by atoms with van der Waals surface area (Å²) in [4.78, 5) is 14.8. The maximum Gasteiger partial charge on any atom is 0.419 e. The number of thiocarbonyl (C=S) groups is 1. The first kappa shape index (κ1) is 18.7. The number of piperidine rings is 1. The Morgan fingerprint density at radius 2 is 1.88 bits per heavy atom. The van der Waals surface area contributed by atoms with Crippen LogP contribution in [0.5, 0.6) is 0 Å². The van der Waals surface area contributed by atoms with Gasteiger partial charge in [0.15, 0.2) is 5.11 Å². The summed E-state index contributed by atoms with van der Waals surface area (Å²) in [6, 6.07) is 7.87. The number of carbonyl (C=O) groups is 1. The molecule has 0 spiro atoms. The second-order valence-electron chi connectivity index (χ2n) is 7.73. The maximum absolute atomic E-state index is 12.6. The fourth-order valence-corrected chi connectivity index (χ4v) is 3.49. The summed E-state index contributed by atoms with van der Waals surface area (Å²) in [5, 5.41) is 5.18. The molecule has 0 aliphatic carbocycles. The van der Waals surface area contributed by atoms with Gasteiger partial charge < -0.3 is 15.0 Å². The van der Waals surface area contributed by atoms with E-state index in [9.17, 15) is 4.79 Å². The normalized spacial score (nSPS) is 15.1. The summed E-state index contributed by atoms with van der Waals surface area (Å²) >= 11 is 5.54. The number of ether oxygens (including phenoxy) is 1. The van der Waals surface area contributed by atoms with Crippen molar-refractivity contribution in [2.24, 2.45) is 0 Å². The number of rotatable bonds is 2. The summed E-state index contributed by atoms with van der Waals surface area (Å²) in [5.74, 6) is 0. The van der Waals surface area contributed by atoms with Crippen LogP contribution in [0.1, 0.15) is 45.6 Å². The third-order valence-corrected chi connectivity index (χ3v) is 4.86. The van der Waals surface area contributed by atoms with Crippen molar-refractivity contribution in [1.29, 1.82) is 0 Å². The highest BCUT2D eigenvalue weighted by Gasteiger charge is 2.21. The van der Waals surface area contributed by atoms with E-state index in [2.05, 4.69) is 10.2 Å². The van der Waals surface area contributed by atoms with Gasteiger partial charge in [0.1, 0.15) is 5.60 Å². The number of nitrogens with zero attached hydrogens (tertiary/aromatic N) is 2. The van der Waals surface area contributed by atoms with Crippen LogP contribution in [0, 0.1) is 0 Å². The van der Waals surface area contributed by atoms with Crippen LogP contribution < -0.4 is 5.32 Å². The molecular weight excluding hydrogens is 346 g/mol. The van der Waals surface area contributed by atoms with Crippen LogP contribution in [0.3, 0.4) is 0 Å². The zero-order valence-corrected chi connectivity index (χ0v) is 16.6. The molecule has 0 amide bonds. The fourth-order valence-electron chi connectivity index (χ4n) is 3.23. The number of carbonyl (C=O) groups excluding carboxylic acids is 1. The van der Waals surface area contributed by atoms with E-state index >= 15 is 0 Å². The summed E-state index contributed by atoms with van der Waals surface area (Å²) in [6.07, 6.45) is 5.16. The van der Waals surface area contributed by atoms with Crippen molar-refractivity contribution < 1.29 is 9.53 Å². The van der Waals surface area contributed by atoms with E-state index in [1.54, 1.807) is 4.57 Å². The number of nitrogens with one attached hydrogen (secondary N) is 1. The van der Waals surface area contributed by atoms with Crippen LogP contribution in [-0.2, 0) is 11.3 Å². The molecule has 0 unspecified atom stereocenters. The zero-order valence-electron chi connectivity index (χ0n) is 15.7. The number of likely N-dealkylation sites (tertiary alicyclic amines) is 1. The van der Waals surface area contributed by atoms with E-state index in [1.165, 1.54) is 19.3 Å². The van der Waals surface area contributed by atoms with Gasteiger partial charge in [-0.1, -0.05) is 18.2 Å². The quantitative estimate of drug-likeness (QED) is 0.796. The van der Waals surface area contributed by atoms with Crippen molar-refractivity contribution in [1.82, 2.24) is 14.8 Å². The molecule has 0 radical (unpaired) electrons. The van der Waals surface area contributed by atoms with Gasteiger partial charge in [-0.15, -0.1) is 0 Å². The molecule has 0 bridgehead atoms. The Hall–Kier alpha value is -2.08. The van der Waals surface area contributed by atoms with Crippen LogP contribution in [0.15, 0.2) is 30.5 Å². The first-order valence-corrected chi connectivity index (χ1v) is 9.61. The number of benzene rings is 1. The number of hydrogen-bond donors (Lipinski definition) is 1. The summed E-state index contributed by atoms with van der Waals surface area (Å²) < 4.78 is 7.12. The van der Waals surface area contributed by atoms with Crippen molar-refractivity contribution in [3.63, 3.8) is 0 Å². The predicted molar refractivity (Wildman–Crippen MR) is 108 cm³/mol. The van der Waals surface area contributed by atoms with E-state index in [4.69, 9.17) is 17.0 Å². The lowest BCUT2D eigenvalue weighted by Crippen LogP contribution is -2.42. The Balaban J connectivity index is 1.78. The Morgan fingerprint density at radius 3 is 2.58 bits per heavy atom. The average Bonchev–Trinajstić information content (AvgIpc) is 2.98. The van der Waals surface area contributed by atoms with Gasteiger partial charge in [0, 0.05) is 31.2 Å². The van der Waals surface area contributed by atoms with E-state index in [-0.39, 0.29) is 6.09 Å². The van der Waals surface area contributed by atoms with Crippen molar-refractivity contribution in [2.75, 3.05) is 13.1 Å². The molecule has 1 fully saturated rings. The van der Waals surface area contributed by atoms with Crippen LogP contribution in [0.2, 0.25) is 0 Å². The van der Waals surface area contributed by atoms with Crippen LogP contribution in [0.4, 0.5) is 4.79 Å². The van der Waals surface area contributed by atoms with Gasteiger partial charge >= 0.3 is 6.09 Å². The molecule has 2 aromatic rings. The Morgan fingerprint density at radius 1 is 1.19 bits per heavy atom. The molecule has 0 atom stereocenters. The molecule has 1 N–H and O–H groups in total. The molecule has 1 aliphatic rings. The molecule has 1 aliphatic heterocycles. The number of para-hydroxylation sites is 1. The van der Waals surface area contributed by atoms with E-state index < -0.39 is 5.60 Å². The smallest absolute Gasteiger partial charge is 0.419 e. The number of hydrogen-bond acceptors (Lipinski definition) is 3. The molecule has 5 nitrogen and oxygen atoms in total. The lowest BCUT2D eigenvalue weighted by molar-refractivity contribution is 0.0544. The summed E-state index contributed by atoms with van der Waals surface area (Å²) in [5.41, 5.74) is 1.35. The predicted octanol–water partition coefficient (Wildman–Crippen LogP) is 4.28. The topological polar surface area (TPSA) is 46.5 Å². The lowest BCUT2D eigenvalue weighted by atomic mass is 10.1. The minimum atomic E-state index is -0.531. The molecule has 140 valence electrons. The molecule has 2 heterocycles. The van der Waals surface area contributed by atoms with Gasteiger partial charge in [-0.25, -0.2) is 4.79 Å². The van der Waals surface area contributed by atoms with Crippen molar-refractivity contribution in [2.45, 2.75) is 52.2 Å². The Bertz CT molecular complexity index is 801. The molecule has 1 saturated heterocycles. The van der Waals surface area contributed by atoms with Crippen LogP contribution in [0.25, 0.3) is 10.9 Å². The lowest BCUT2D eigenvalue weighted by Gasteiger charge is -2.29. The van der Waals surface area contributed by atoms with Gasteiger partial charge in [-0.2, -0.15) is 0 Å². The molecule has 0 saturated carbocycles. The molecule has 26 heavy (non-hydrogen) atoms. The average molecular weight is 374 g/mol. The van der Waals surface area contributed by atoms with Gasteiger partial charge in [0.25, 0.3) is 0 Å². The second kappa shape index (κ2) is 7.66. The standard InChI is InChI=1S/C20H27N3O2S/c1-20(2,3)25-19(24)23-14-15(16-9-5-6-10-17(16)23)13-21-18(26)22-11-7-4-8-12-22/h5-6,9-10,14H,4,7-8,11-13H2,1-3H3,(H,21,26). The molecule has 3 rings (SSSR count). The highest BCUT2D eigenvalue weighted by atomic mass is 32.1. The summed E-state index contributed by atoms with van der Waals surface area (Å²) in [6.45, 7) is 8.24. The fraction of sp³-hybridized carbons (Fsp3) is 0.500. The molecule has 1 aromatic heterocycles. The minimum absolute atomic E-state index is 0.362. The first-order valence-electron chi connectivity index (χ1n) is 9.20. The van der Waals surface area contributed by atoms with Crippen molar-refractivity contribution >= 4 is 34.3 Å². The van der Waals surface area contributed by atoms with Crippen LogP contribution in [-0.4, -0.2) is 39.4 Å². The highest BCUT2D eigenvalue weighted by molar-refractivity contribution is 7.80. The Kier molecular flexibility index (Phi) is 5.51. The Labute approximate surface area is 160 Å². The third-order valence-electron chi connectivity index (χ3n) is 4.46. The van der Waals surface area contributed by atoms with Crippen LogP contribution >= 0.6 is 12.2 Å². The molecular formula is C20H27N3O2S. The van der Waals surface area contributed by atoms with E-state index in [0.29, 0.717) is 6.54 Å². The molecule has 1 aromatic carbocycles. The van der Waals surface area contributed by atoms with Crippen molar-refractivity contribution in [3.8, 4) is 0 Å². The van der Waals surface area contributed by atoms with Gasteiger partial charge in [-0.3, -0.25) is 4.57 Å². The number of fused-ring (bicyclic) bond motifs is 1. The number of aromatic nitrogens is 1. The SMILES string of the molecule is CC(C)(C)OC(=O)n1cc(CNC(=S)N2CCCCC2)c2ccccc21. The third kappa shape index (κ3) is 4.36. The van der Waals surface area contributed by atoms with Gasteiger partial charge in [0.05, 0.1) is 5.52 Å². The van der Waals surface area contributed by atoms with E-state index in [1.807, 2.05) is 51.2 Å². The first-order chi connectivity index (χ1) is 12.3. The second-order valence-corrected chi connectivity index (χ2v) is 8.11.